The summed E-state index contributed by atoms with van der Waals surface area (Å²) in [6.45, 7) is 0.552. The fourth-order valence-electron chi connectivity index (χ4n) is 7.04. The molecule has 0 saturated carbocycles. The number of phenols is 6. The van der Waals surface area contributed by atoms with Crippen molar-refractivity contribution < 1.29 is 40.1 Å². The molecule has 8 nitrogen and oxygen atoms in total. The second-order valence-electron chi connectivity index (χ2n) is 11.9. The van der Waals surface area contributed by atoms with Gasteiger partial charge in [-0.05, 0) is 50.4 Å². The summed E-state index contributed by atoms with van der Waals surface area (Å²) >= 11 is 0. The van der Waals surface area contributed by atoms with Crippen molar-refractivity contribution in [3.8, 4) is 56.8 Å². The van der Waals surface area contributed by atoms with E-state index in [4.69, 9.17) is 9.47 Å². The number of hydrogen-bond donors (Lipinski definition) is 6. The van der Waals surface area contributed by atoms with Crippen LogP contribution < -0.4 is 0 Å². The van der Waals surface area contributed by atoms with Crippen molar-refractivity contribution in [1.29, 1.82) is 0 Å². The number of rotatable bonds is 4. The lowest BCUT2D eigenvalue weighted by Crippen LogP contribution is -2.00. The highest BCUT2D eigenvalue weighted by atomic mass is 16.6. The zero-order valence-electron chi connectivity index (χ0n) is 24.2. The summed E-state index contributed by atoms with van der Waals surface area (Å²) < 4.78 is 11.4. The molecular formula is C38H26O8. The number of phenolic OH excluding ortho intramolecular Hbond substituents is 6. The van der Waals surface area contributed by atoms with Crippen molar-refractivity contribution in [2.75, 3.05) is 13.2 Å². The molecule has 0 radical (unpaired) electrons. The van der Waals surface area contributed by atoms with Crippen molar-refractivity contribution >= 4 is 43.1 Å². The van der Waals surface area contributed by atoms with Crippen molar-refractivity contribution in [2.24, 2.45) is 0 Å². The molecule has 2 heterocycles. The number of epoxide rings is 2. The van der Waals surface area contributed by atoms with Crippen LogP contribution in [0.4, 0.5) is 0 Å². The van der Waals surface area contributed by atoms with Crippen molar-refractivity contribution in [3.63, 3.8) is 0 Å². The molecule has 9 rings (SSSR count). The Morgan fingerprint density at radius 1 is 0.413 bits per heavy atom. The van der Waals surface area contributed by atoms with Gasteiger partial charge in [0, 0.05) is 38.2 Å². The van der Waals surface area contributed by atoms with Crippen LogP contribution in [0, 0.1) is 0 Å². The molecule has 0 bridgehead atoms. The van der Waals surface area contributed by atoms with Gasteiger partial charge >= 0.3 is 0 Å². The maximum absolute atomic E-state index is 11.8. The predicted octanol–water partition coefficient (Wildman–Crippen LogP) is 8.01. The average molecular weight is 611 g/mol. The normalized spacial score (nSPS) is 17.3. The molecule has 8 heteroatoms. The Morgan fingerprint density at radius 2 is 0.783 bits per heavy atom. The Kier molecular flexibility index (Phi) is 5.45. The van der Waals surface area contributed by atoms with E-state index in [1.807, 2.05) is 84.9 Å². The van der Waals surface area contributed by atoms with E-state index >= 15 is 0 Å². The monoisotopic (exact) mass is 610 g/mol. The molecule has 2 aliphatic heterocycles. The van der Waals surface area contributed by atoms with Crippen molar-refractivity contribution in [3.05, 3.63) is 96.1 Å². The molecule has 0 spiro atoms. The lowest BCUT2D eigenvalue weighted by molar-refractivity contribution is 0.359. The third-order valence-corrected chi connectivity index (χ3v) is 9.31. The van der Waals surface area contributed by atoms with Crippen molar-refractivity contribution in [2.45, 2.75) is 12.2 Å². The summed E-state index contributed by atoms with van der Waals surface area (Å²) in [5.41, 5.74) is 2.51. The maximum atomic E-state index is 11.8. The van der Waals surface area contributed by atoms with Gasteiger partial charge < -0.3 is 40.1 Å². The summed E-state index contributed by atoms with van der Waals surface area (Å²) in [5, 5.41) is 73.4. The largest absolute Gasteiger partial charge is 0.504 e. The first-order valence-corrected chi connectivity index (χ1v) is 14.9. The standard InChI is InChI=1S/C38H26O8/c39-33-27(23-15-45-23)29-25(21-11-9-17-5-1-3-7-19(17)13-21)30-28(24-16-46-24)34(40)38(44)36(42)32(30)26(31(29)35(41)37(33)43)22-12-10-18-6-2-4-8-20(18)14-22/h1-14,23-24,39-44H,15-16H2. The zero-order chi connectivity index (χ0) is 31.4. The Labute approximate surface area is 261 Å². The van der Waals surface area contributed by atoms with E-state index in [1.54, 1.807) is 0 Å². The Bertz CT molecular complexity index is 2370. The SMILES string of the molecule is Oc1c(O)c(C2CO2)c2c(-c3ccc4ccccc4c3)c3c(C4CO4)c(O)c(O)c(O)c3c(-c3ccc4ccccc4c3)c2c1O. The van der Waals surface area contributed by atoms with Crippen molar-refractivity contribution in [1.82, 2.24) is 0 Å². The van der Waals surface area contributed by atoms with E-state index in [0.717, 1.165) is 21.5 Å². The van der Waals surface area contributed by atoms with E-state index in [2.05, 4.69) is 0 Å². The summed E-state index contributed by atoms with van der Waals surface area (Å²) in [4.78, 5) is 0. The Morgan fingerprint density at radius 3 is 1.17 bits per heavy atom. The quantitative estimate of drug-likeness (QED) is 0.0667. The molecule has 46 heavy (non-hydrogen) atoms. The van der Waals surface area contributed by atoms with Crippen LogP contribution in [0.5, 0.6) is 34.5 Å². The molecule has 0 aliphatic carbocycles. The highest BCUT2D eigenvalue weighted by Crippen LogP contribution is 2.62. The molecule has 2 saturated heterocycles. The van der Waals surface area contributed by atoms with Gasteiger partial charge in [0.05, 0.1) is 13.2 Å². The first-order valence-electron chi connectivity index (χ1n) is 14.9. The summed E-state index contributed by atoms with van der Waals surface area (Å²) in [7, 11) is 0. The van der Waals surface area contributed by atoms with Gasteiger partial charge in [0.25, 0.3) is 0 Å². The maximum Gasteiger partial charge on any atom is 0.201 e. The predicted molar refractivity (Wildman–Crippen MR) is 175 cm³/mol. The van der Waals surface area contributed by atoms with Gasteiger partial charge in [0.15, 0.2) is 23.0 Å². The van der Waals surface area contributed by atoms with Crippen LogP contribution in [0.1, 0.15) is 23.3 Å². The van der Waals surface area contributed by atoms with E-state index in [1.165, 1.54) is 0 Å². The smallest absolute Gasteiger partial charge is 0.201 e. The minimum Gasteiger partial charge on any atom is -0.504 e. The van der Waals surface area contributed by atoms with Gasteiger partial charge in [-0.2, -0.15) is 0 Å². The second-order valence-corrected chi connectivity index (χ2v) is 11.9. The van der Waals surface area contributed by atoms with Crippen LogP contribution in [-0.2, 0) is 9.47 Å². The molecule has 0 aromatic heterocycles. The molecule has 6 N–H and O–H groups in total. The number of ether oxygens (including phenoxy) is 2. The van der Waals surface area contributed by atoms with E-state index in [0.29, 0.717) is 33.0 Å². The van der Waals surface area contributed by atoms with E-state index in [9.17, 15) is 30.6 Å². The van der Waals surface area contributed by atoms with Gasteiger partial charge in [0.1, 0.15) is 12.2 Å². The van der Waals surface area contributed by atoms with E-state index < -0.39 is 46.7 Å². The summed E-state index contributed by atoms with van der Waals surface area (Å²) in [6, 6.07) is 27.0. The molecule has 7 aromatic rings. The summed E-state index contributed by atoms with van der Waals surface area (Å²) in [6.07, 6.45) is -1.18. The molecule has 2 fully saturated rings. The second kappa shape index (κ2) is 9.40. The van der Waals surface area contributed by atoms with Crippen LogP contribution in [0.25, 0.3) is 65.3 Å². The lowest BCUT2D eigenvalue weighted by atomic mass is 9.79. The number of benzene rings is 7. The highest BCUT2D eigenvalue weighted by Gasteiger charge is 2.40. The fourth-order valence-corrected chi connectivity index (χ4v) is 7.04. The molecule has 2 aliphatic rings. The summed E-state index contributed by atoms with van der Waals surface area (Å²) in [5.74, 6) is -3.68. The molecule has 2 atom stereocenters. The molecular weight excluding hydrogens is 584 g/mol. The number of aromatic hydroxyl groups is 6. The van der Waals surface area contributed by atoms with Gasteiger partial charge in [-0.15, -0.1) is 0 Å². The third kappa shape index (κ3) is 3.68. The first-order chi connectivity index (χ1) is 22.3. The Balaban J connectivity index is 1.60. The fraction of sp³-hybridized carbons (Fsp3) is 0.105. The number of hydrogen-bond acceptors (Lipinski definition) is 8. The van der Waals surface area contributed by atoms with Crippen LogP contribution in [0.2, 0.25) is 0 Å². The minimum atomic E-state index is -0.725. The number of fused-ring (bicyclic) bond motifs is 4. The van der Waals surface area contributed by atoms with Crippen LogP contribution in [0.3, 0.4) is 0 Å². The Hall–Kier alpha value is -5.70. The lowest BCUT2D eigenvalue weighted by Gasteiger charge is -2.25. The van der Waals surface area contributed by atoms with Gasteiger partial charge in [-0.3, -0.25) is 0 Å². The van der Waals surface area contributed by atoms with Crippen LogP contribution in [-0.4, -0.2) is 43.9 Å². The van der Waals surface area contributed by atoms with Gasteiger partial charge in [-0.1, -0.05) is 72.8 Å². The van der Waals surface area contributed by atoms with E-state index in [-0.39, 0.29) is 35.1 Å². The van der Waals surface area contributed by atoms with Gasteiger partial charge in [-0.25, -0.2) is 0 Å². The molecule has 2 unspecified atom stereocenters. The molecule has 0 amide bonds. The first kappa shape index (κ1) is 26.7. The molecule has 7 aromatic carbocycles. The highest BCUT2D eigenvalue weighted by molar-refractivity contribution is 6.28. The zero-order valence-corrected chi connectivity index (χ0v) is 24.2. The average Bonchev–Trinajstić information content (AvgIpc) is 4.01. The van der Waals surface area contributed by atoms with Gasteiger partial charge in [0.2, 0.25) is 11.5 Å². The molecule has 226 valence electrons. The topological polar surface area (TPSA) is 146 Å². The minimum absolute atomic E-state index is 0.148. The van der Waals surface area contributed by atoms with Crippen LogP contribution in [0.15, 0.2) is 84.9 Å². The third-order valence-electron chi connectivity index (χ3n) is 9.31. The van der Waals surface area contributed by atoms with Crippen LogP contribution >= 0.6 is 0 Å².